The van der Waals surface area contributed by atoms with Gasteiger partial charge in [-0.1, -0.05) is 0 Å². The van der Waals surface area contributed by atoms with Crippen LogP contribution >= 0.6 is 0 Å². The van der Waals surface area contributed by atoms with Gasteiger partial charge in [0.25, 0.3) is 0 Å². The van der Waals surface area contributed by atoms with E-state index in [1.807, 2.05) is 18.3 Å². The number of amides is 2. The monoisotopic (exact) mass is 165 g/mol. The highest BCUT2D eigenvalue weighted by Crippen LogP contribution is 2.11. The van der Waals surface area contributed by atoms with Gasteiger partial charge in [0.1, 0.15) is 0 Å². The lowest BCUT2D eigenvalue weighted by Gasteiger charge is -2.26. The Morgan fingerprint density at radius 3 is 3.08 bits per heavy atom. The third kappa shape index (κ3) is 1.05. The maximum Gasteiger partial charge on any atom is 0.315 e. The van der Waals surface area contributed by atoms with Crippen LogP contribution in [0.2, 0.25) is 0 Å². The summed E-state index contributed by atoms with van der Waals surface area (Å²) in [6, 6.07) is 3.66. The zero-order chi connectivity index (χ0) is 8.55. The number of fused-ring (bicyclic) bond motifs is 1. The van der Waals surface area contributed by atoms with E-state index in [0.29, 0.717) is 6.54 Å². The van der Waals surface area contributed by atoms with E-state index in [-0.39, 0.29) is 6.03 Å². The molecule has 0 saturated carbocycles. The van der Waals surface area contributed by atoms with Crippen molar-refractivity contribution in [2.24, 2.45) is 5.73 Å². The molecule has 0 fully saturated rings. The van der Waals surface area contributed by atoms with E-state index in [9.17, 15) is 4.79 Å². The van der Waals surface area contributed by atoms with Crippen molar-refractivity contribution in [1.29, 1.82) is 0 Å². The molecule has 0 atom stereocenters. The number of hydrogen-bond donors (Lipinski definition) is 1. The fourth-order valence-electron chi connectivity index (χ4n) is 1.50. The summed E-state index contributed by atoms with van der Waals surface area (Å²) < 4.78 is 2.14. The minimum atomic E-state index is -0.331. The molecule has 4 heteroatoms. The molecular formula is C8H11N3O. The zero-order valence-corrected chi connectivity index (χ0v) is 6.73. The number of carbonyl (C=O) groups is 1. The lowest BCUT2D eigenvalue weighted by atomic mass is 10.3. The zero-order valence-electron chi connectivity index (χ0n) is 6.73. The summed E-state index contributed by atoms with van der Waals surface area (Å²) >= 11 is 0. The second kappa shape index (κ2) is 2.55. The molecule has 0 aliphatic carbocycles. The average molecular weight is 165 g/mol. The van der Waals surface area contributed by atoms with E-state index in [1.165, 1.54) is 0 Å². The number of rotatable bonds is 0. The Morgan fingerprint density at radius 2 is 2.33 bits per heavy atom. The molecule has 4 nitrogen and oxygen atoms in total. The first-order valence-electron chi connectivity index (χ1n) is 3.96. The molecule has 64 valence electrons. The van der Waals surface area contributed by atoms with Gasteiger partial charge in [-0.3, -0.25) is 0 Å². The number of primary amides is 1. The molecule has 1 aliphatic rings. The smallest absolute Gasteiger partial charge is 0.315 e. The Bertz CT molecular complexity index is 305. The third-order valence-electron chi connectivity index (χ3n) is 2.20. The Kier molecular flexibility index (Phi) is 1.53. The van der Waals surface area contributed by atoms with Crippen LogP contribution in [0, 0.1) is 0 Å². The van der Waals surface area contributed by atoms with Gasteiger partial charge in [-0.25, -0.2) is 4.79 Å². The molecule has 0 bridgehead atoms. The second-order valence-corrected chi connectivity index (χ2v) is 2.95. The van der Waals surface area contributed by atoms with Gasteiger partial charge >= 0.3 is 6.03 Å². The van der Waals surface area contributed by atoms with Crippen molar-refractivity contribution in [2.45, 2.75) is 13.1 Å². The average Bonchev–Trinajstić information content (AvgIpc) is 2.49. The number of aromatic nitrogens is 1. The predicted octanol–water partition coefficient (Wildman–Crippen LogP) is 0.382. The topological polar surface area (TPSA) is 51.3 Å². The minimum Gasteiger partial charge on any atom is -0.351 e. The maximum absolute atomic E-state index is 10.8. The maximum atomic E-state index is 10.8. The molecule has 2 heterocycles. The van der Waals surface area contributed by atoms with Gasteiger partial charge in [0.15, 0.2) is 0 Å². The fourth-order valence-corrected chi connectivity index (χ4v) is 1.50. The van der Waals surface area contributed by atoms with Gasteiger partial charge in [-0.15, -0.1) is 0 Å². The molecule has 0 radical (unpaired) electrons. The first kappa shape index (κ1) is 7.21. The molecule has 1 aliphatic heterocycles. The molecular weight excluding hydrogens is 154 g/mol. The molecule has 0 spiro atoms. The van der Waals surface area contributed by atoms with Crippen molar-refractivity contribution in [1.82, 2.24) is 9.47 Å². The standard InChI is InChI=1S/C8H11N3O/c9-8(12)11-5-4-10-3-1-2-7(10)6-11/h1-3H,4-6H2,(H2,9,12). The van der Waals surface area contributed by atoms with Gasteiger partial charge < -0.3 is 15.2 Å². The first-order valence-corrected chi connectivity index (χ1v) is 3.96. The summed E-state index contributed by atoms with van der Waals surface area (Å²) in [5.41, 5.74) is 6.32. The van der Waals surface area contributed by atoms with Gasteiger partial charge in [0, 0.05) is 25.0 Å². The molecule has 1 aromatic rings. The van der Waals surface area contributed by atoms with Crippen LogP contribution in [-0.4, -0.2) is 22.0 Å². The Labute approximate surface area is 70.6 Å². The van der Waals surface area contributed by atoms with E-state index in [2.05, 4.69) is 4.57 Å². The molecule has 1 aromatic heterocycles. The van der Waals surface area contributed by atoms with Crippen LogP contribution in [0.1, 0.15) is 5.69 Å². The normalized spacial score (nSPS) is 15.8. The summed E-state index contributed by atoms with van der Waals surface area (Å²) in [6.07, 6.45) is 2.02. The van der Waals surface area contributed by atoms with Gasteiger partial charge in [-0.2, -0.15) is 0 Å². The van der Waals surface area contributed by atoms with Crippen LogP contribution in [-0.2, 0) is 13.1 Å². The molecule has 0 aromatic carbocycles. The lowest BCUT2D eigenvalue weighted by molar-refractivity contribution is 0.193. The van der Waals surface area contributed by atoms with Crippen molar-refractivity contribution in [3.63, 3.8) is 0 Å². The Hall–Kier alpha value is -1.45. The summed E-state index contributed by atoms with van der Waals surface area (Å²) in [4.78, 5) is 12.5. The van der Waals surface area contributed by atoms with E-state index in [1.54, 1.807) is 4.90 Å². The van der Waals surface area contributed by atoms with Crippen molar-refractivity contribution >= 4 is 6.03 Å². The summed E-state index contributed by atoms with van der Waals surface area (Å²) in [6.45, 7) is 2.21. The molecule has 2 rings (SSSR count). The molecule has 0 saturated heterocycles. The van der Waals surface area contributed by atoms with Crippen LogP contribution in [0.15, 0.2) is 18.3 Å². The first-order chi connectivity index (χ1) is 5.77. The van der Waals surface area contributed by atoms with Crippen LogP contribution < -0.4 is 5.73 Å². The SMILES string of the molecule is NC(=O)N1CCn2cccc2C1. The predicted molar refractivity (Wildman–Crippen MR) is 44.4 cm³/mol. The molecule has 2 amide bonds. The van der Waals surface area contributed by atoms with E-state index >= 15 is 0 Å². The highest BCUT2D eigenvalue weighted by Gasteiger charge is 2.16. The van der Waals surface area contributed by atoms with Crippen LogP contribution in [0.25, 0.3) is 0 Å². The second-order valence-electron chi connectivity index (χ2n) is 2.95. The van der Waals surface area contributed by atoms with Crippen LogP contribution in [0.5, 0.6) is 0 Å². The number of hydrogen-bond acceptors (Lipinski definition) is 1. The van der Waals surface area contributed by atoms with Crippen molar-refractivity contribution < 1.29 is 4.79 Å². The highest BCUT2D eigenvalue weighted by molar-refractivity contribution is 5.72. The number of nitrogens with two attached hydrogens (primary N) is 1. The van der Waals surface area contributed by atoms with E-state index < -0.39 is 0 Å². The van der Waals surface area contributed by atoms with Crippen molar-refractivity contribution in [3.8, 4) is 0 Å². The molecule has 2 N–H and O–H groups in total. The quantitative estimate of drug-likeness (QED) is 0.593. The highest BCUT2D eigenvalue weighted by atomic mass is 16.2. The lowest BCUT2D eigenvalue weighted by Crippen LogP contribution is -2.41. The fraction of sp³-hybridized carbons (Fsp3) is 0.375. The number of carbonyl (C=O) groups excluding carboxylic acids is 1. The van der Waals surface area contributed by atoms with Gasteiger partial charge in [0.2, 0.25) is 0 Å². The molecule has 0 unspecified atom stereocenters. The van der Waals surface area contributed by atoms with E-state index in [4.69, 9.17) is 5.73 Å². The number of urea groups is 1. The van der Waals surface area contributed by atoms with E-state index in [0.717, 1.165) is 18.8 Å². The Balaban J connectivity index is 2.20. The van der Waals surface area contributed by atoms with Crippen LogP contribution in [0.4, 0.5) is 4.79 Å². The van der Waals surface area contributed by atoms with Crippen molar-refractivity contribution in [3.05, 3.63) is 24.0 Å². The Morgan fingerprint density at radius 1 is 1.50 bits per heavy atom. The van der Waals surface area contributed by atoms with Crippen molar-refractivity contribution in [2.75, 3.05) is 6.54 Å². The summed E-state index contributed by atoms with van der Waals surface area (Å²) in [5, 5.41) is 0. The summed E-state index contributed by atoms with van der Waals surface area (Å²) in [5.74, 6) is 0. The van der Waals surface area contributed by atoms with Crippen LogP contribution in [0.3, 0.4) is 0 Å². The van der Waals surface area contributed by atoms with Gasteiger partial charge in [-0.05, 0) is 12.1 Å². The summed E-state index contributed by atoms with van der Waals surface area (Å²) in [7, 11) is 0. The third-order valence-corrected chi connectivity index (χ3v) is 2.20. The molecule has 12 heavy (non-hydrogen) atoms. The van der Waals surface area contributed by atoms with Gasteiger partial charge in [0.05, 0.1) is 6.54 Å². The number of nitrogens with zero attached hydrogens (tertiary/aromatic N) is 2. The largest absolute Gasteiger partial charge is 0.351 e. The minimum absolute atomic E-state index is 0.331.